The molecule has 3 nitrogen and oxygen atoms in total. The number of aryl methyl sites for hydroxylation is 1. The van der Waals surface area contributed by atoms with Crippen LogP contribution in [0.1, 0.15) is 6.92 Å². The number of halogens is 2. The highest BCUT2D eigenvalue weighted by Gasteiger charge is 2.15. The molecule has 0 saturated carbocycles. The zero-order valence-corrected chi connectivity index (χ0v) is 12.4. The summed E-state index contributed by atoms with van der Waals surface area (Å²) in [6.07, 6.45) is 0. The van der Waals surface area contributed by atoms with E-state index in [0.717, 1.165) is 29.0 Å². The van der Waals surface area contributed by atoms with Crippen LogP contribution in [0.5, 0.6) is 0 Å². The van der Waals surface area contributed by atoms with Gasteiger partial charge < -0.3 is 10.3 Å². The molecule has 0 aliphatic carbocycles. The van der Waals surface area contributed by atoms with Crippen LogP contribution in [0.3, 0.4) is 0 Å². The molecule has 0 fully saturated rings. The van der Waals surface area contributed by atoms with Gasteiger partial charge in [-0.3, -0.25) is 0 Å². The highest BCUT2D eigenvalue weighted by atomic mass is 35.5. The molecular weight excluding hydrogens is 293 g/mol. The SMILES string of the molecule is CCn1c(-c2ccc(Cl)cc2N)nc2cccc(Cl)c21. The maximum atomic E-state index is 6.29. The number of hydrogen-bond donors (Lipinski definition) is 1. The van der Waals surface area contributed by atoms with E-state index in [-0.39, 0.29) is 0 Å². The topological polar surface area (TPSA) is 43.8 Å². The second kappa shape index (κ2) is 5.00. The Morgan fingerprint density at radius 3 is 2.70 bits per heavy atom. The van der Waals surface area contributed by atoms with E-state index in [2.05, 4.69) is 16.5 Å². The van der Waals surface area contributed by atoms with Gasteiger partial charge in [-0.1, -0.05) is 29.3 Å². The molecule has 2 N–H and O–H groups in total. The lowest BCUT2D eigenvalue weighted by Gasteiger charge is -2.09. The van der Waals surface area contributed by atoms with Crippen molar-refractivity contribution in [3.63, 3.8) is 0 Å². The number of nitrogens with zero attached hydrogens (tertiary/aromatic N) is 2. The van der Waals surface area contributed by atoms with Crippen LogP contribution in [0.2, 0.25) is 10.0 Å². The summed E-state index contributed by atoms with van der Waals surface area (Å²) in [6, 6.07) is 11.1. The van der Waals surface area contributed by atoms with E-state index in [9.17, 15) is 0 Å². The van der Waals surface area contributed by atoms with Crippen molar-refractivity contribution in [3.8, 4) is 11.4 Å². The first kappa shape index (κ1) is 13.3. The molecule has 3 aromatic rings. The zero-order valence-electron chi connectivity index (χ0n) is 10.9. The molecule has 5 heteroatoms. The van der Waals surface area contributed by atoms with Gasteiger partial charge in [-0.2, -0.15) is 0 Å². The van der Waals surface area contributed by atoms with Crippen LogP contribution in [-0.4, -0.2) is 9.55 Å². The number of nitrogens with two attached hydrogens (primary N) is 1. The van der Waals surface area contributed by atoms with E-state index >= 15 is 0 Å². The first-order valence-corrected chi connectivity index (χ1v) is 7.07. The summed E-state index contributed by atoms with van der Waals surface area (Å²) in [5.74, 6) is 0.810. The van der Waals surface area contributed by atoms with Gasteiger partial charge in [0.25, 0.3) is 0 Å². The van der Waals surface area contributed by atoms with Crippen molar-refractivity contribution in [2.75, 3.05) is 5.73 Å². The van der Waals surface area contributed by atoms with Crippen molar-refractivity contribution in [1.82, 2.24) is 9.55 Å². The summed E-state index contributed by atoms with van der Waals surface area (Å²) >= 11 is 12.2. The summed E-state index contributed by atoms with van der Waals surface area (Å²) < 4.78 is 2.07. The number of hydrogen-bond acceptors (Lipinski definition) is 2. The molecule has 102 valence electrons. The molecule has 0 saturated heterocycles. The smallest absolute Gasteiger partial charge is 0.143 e. The van der Waals surface area contributed by atoms with Gasteiger partial charge in [0.2, 0.25) is 0 Å². The van der Waals surface area contributed by atoms with Gasteiger partial charge in [0.05, 0.1) is 16.1 Å². The van der Waals surface area contributed by atoms with Gasteiger partial charge >= 0.3 is 0 Å². The number of nitrogen functional groups attached to an aromatic ring is 1. The quantitative estimate of drug-likeness (QED) is 0.702. The van der Waals surface area contributed by atoms with Gasteiger partial charge in [0.15, 0.2) is 0 Å². The molecule has 0 aliphatic rings. The van der Waals surface area contributed by atoms with Gasteiger partial charge in [0.1, 0.15) is 5.82 Å². The average Bonchev–Trinajstić information content (AvgIpc) is 2.78. The molecule has 0 radical (unpaired) electrons. The lowest BCUT2D eigenvalue weighted by atomic mass is 10.1. The second-order valence-corrected chi connectivity index (χ2v) is 5.36. The molecule has 3 rings (SSSR count). The summed E-state index contributed by atoms with van der Waals surface area (Å²) in [5.41, 5.74) is 9.34. The maximum Gasteiger partial charge on any atom is 0.143 e. The number of imidazole rings is 1. The van der Waals surface area contributed by atoms with E-state index in [4.69, 9.17) is 28.9 Å². The Morgan fingerprint density at radius 1 is 1.20 bits per heavy atom. The number of fused-ring (bicyclic) bond motifs is 1. The predicted molar refractivity (Wildman–Crippen MR) is 85.3 cm³/mol. The van der Waals surface area contributed by atoms with E-state index in [1.165, 1.54) is 0 Å². The summed E-state index contributed by atoms with van der Waals surface area (Å²) in [4.78, 5) is 4.66. The molecule has 0 amide bonds. The fraction of sp³-hybridized carbons (Fsp3) is 0.133. The maximum absolute atomic E-state index is 6.29. The highest BCUT2D eigenvalue weighted by molar-refractivity contribution is 6.35. The zero-order chi connectivity index (χ0) is 14.3. The minimum absolute atomic E-state index is 0.610. The van der Waals surface area contributed by atoms with Gasteiger partial charge in [-0.15, -0.1) is 0 Å². The minimum atomic E-state index is 0.610. The summed E-state index contributed by atoms with van der Waals surface area (Å²) in [7, 11) is 0. The fourth-order valence-corrected chi connectivity index (χ4v) is 2.84. The van der Waals surface area contributed by atoms with Crippen molar-refractivity contribution in [3.05, 3.63) is 46.4 Å². The molecule has 0 aliphatic heterocycles. The van der Waals surface area contributed by atoms with Crippen LogP contribution >= 0.6 is 23.2 Å². The van der Waals surface area contributed by atoms with Crippen molar-refractivity contribution in [2.45, 2.75) is 13.5 Å². The Kier molecular flexibility index (Phi) is 3.32. The third-order valence-corrected chi connectivity index (χ3v) is 3.83. The van der Waals surface area contributed by atoms with Crippen LogP contribution in [0.4, 0.5) is 5.69 Å². The summed E-state index contributed by atoms with van der Waals surface area (Å²) in [6.45, 7) is 2.82. The predicted octanol–water partition coefficient (Wildman–Crippen LogP) is 4.61. The average molecular weight is 306 g/mol. The fourth-order valence-electron chi connectivity index (χ4n) is 2.39. The number of benzene rings is 2. The van der Waals surface area contributed by atoms with E-state index < -0.39 is 0 Å². The molecule has 2 aromatic carbocycles. The van der Waals surface area contributed by atoms with Crippen molar-refractivity contribution in [1.29, 1.82) is 0 Å². The Bertz CT molecular complexity index is 793. The normalized spacial score (nSPS) is 11.2. The Hall–Kier alpha value is -1.71. The molecular formula is C15H13Cl2N3. The molecule has 0 unspecified atom stereocenters. The second-order valence-electron chi connectivity index (χ2n) is 4.52. The Morgan fingerprint density at radius 2 is 2.00 bits per heavy atom. The number of aromatic nitrogens is 2. The van der Waals surface area contributed by atoms with Crippen LogP contribution in [0.25, 0.3) is 22.4 Å². The third kappa shape index (κ3) is 2.03. The van der Waals surface area contributed by atoms with Crippen LogP contribution in [0.15, 0.2) is 36.4 Å². The number of para-hydroxylation sites is 1. The molecule has 1 aromatic heterocycles. The van der Waals surface area contributed by atoms with Crippen molar-refractivity contribution in [2.24, 2.45) is 0 Å². The third-order valence-electron chi connectivity index (χ3n) is 3.29. The molecule has 0 spiro atoms. The first-order chi connectivity index (χ1) is 9.61. The molecule has 1 heterocycles. The number of anilines is 1. The Balaban J connectivity index is 2.33. The minimum Gasteiger partial charge on any atom is -0.398 e. The summed E-state index contributed by atoms with van der Waals surface area (Å²) in [5, 5.41) is 1.30. The van der Waals surface area contributed by atoms with Gasteiger partial charge in [-0.25, -0.2) is 4.98 Å². The van der Waals surface area contributed by atoms with Crippen molar-refractivity contribution < 1.29 is 0 Å². The number of rotatable bonds is 2. The highest BCUT2D eigenvalue weighted by Crippen LogP contribution is 2.33. The van der Waals surface area contributed by atoms with Crippen LogP contribution in [0, 0.1) is 0 Å². The first-order valence-electron chi connectivity index (χ1n) is 6.32. The van der Waals surface area contributed by atoms with Gasteiger partial charge in [0, 0.05) is 22.8 Å². The largest absolute Gasteiger partial charge is 0.398 e. The molecule has 20 heavy (non-hydrogen) atoms. The monoisotopic (exact) mass is 305 g/mol. The van der Waals surface area contributed by atoms with E-state index in [0.29, 0.717) is 15.7 Å². The lowest BCUT2D eigenvalue weighted by Crippen LogP contribution is -2.00. The van der Waals surface area contributed by atoms with Crippen LogP contribution in [-0.2, 0) is 6.54 Å². The molecule has 0 bridgehead atoms. The van der Waals surface area contributed by atoms with Crippen LogP contribution < -0.4 is 5.73 Å². The van der Waals surface area contributed by atoms with Gasteiger partial charge in [-0.05, 0) is 37.3 Å². The molecule has 0 atom stereocenters. The Labute approximate surface area is 126 Å². The van der Waals surface area contributed by atoms with E-state index in [1.807, 2.05) is 30.3 Å². The van der Waals surface area contributed by atoms with Crippen molar-refractivity contribution >= 4 is 39.9 Å². The standard InChI is InChI=1S/C15H13Cl2N3/c1-2-20-14-11(17)4-3-5-13(14)19-15(20)10-7-6-9(16)8-12(10)18/h3-8H,2,18H2,1H3. The lowest BCUT2D eigenvalue weighted by molar-refractivity contribution is 0.797. The van der Waals surface area contributed by atoms with E-state index in [1.54, 1.807) is 6.07 Å².